The van der Waals surface area contributed by atoms with Crippen molar-refractivity contribution in [1.82, 2.24) is 0 Å². The molecule has 0 aromatic heterocycles. The third kappa shape index (κ3) is 50.0. The van der Waals surface area contributed by atoms with Gasteiger partial charge >= 0.3 is 0 Å². The van der Waals surface area contributed by atoms with E-state index in [0.29, 0.717) is 39.1 Å². The molecule has 0 spiro atoms. The fourth-order valence-corrected chi connectivity index (χ4v) is 17.2. The number of aldehydes is 1. The first-order valence-electron chi connectivity index (χ1n) is 38.6. The van der Waals surface area contributed by atoms with E-state index in [1.165, 1.54) is 12.8 Å². The van der Waals surface area contributed by atoms with Crippen LogP contribution in [0.3, 0.4) is 0 Å². The second-order valence-corrected chi connectivity index (χ2v) is 84.3. The Morgan fingerprint density at radius 2 is 0.590 bits per heavy atom. The van der Waals surface area contributed by atoms with Crippen LogP contribution >= 0.6 is 0 Å². The van der Waals surface area contributed by atoms with Crippen LogP contribution in [-0.2, 0) is 44.9 Å². The Hall–Kier alpha value is -0.978. The summed E-state index contributed by atoms with van der Waals surface area (Å²) in [6.45, 7) is 106. The van der Waals surface area contributed by atoms with Gasteiger partial charge in [-0.2, -0.15) is 0 Å². The second-order valence-electron chi connectivity index (χ2n) is 41.3. The highest BCUT2D eigenvalue weighted by molar-refractivity contribution is 6.84. The zero-order valence-corrected chi connectivity index (χ0v) is 85.8. The van der Waals surface area contributed by atoms with Crippen LogP contribution in [0.15, 0.2) is 0 Å². The minimum Gasteiger partial charge on any atom is -0.414 e. The van der Waals surface area contributed by atoms with Crippen molar-refractivity contribution in [2.24, 2.45) is 0 Å². The largest absolute Gasteiger partial charge is 0.414 e. The van der Waals surface area contributed by atoms with Crippen molar-refractivity contribution in [2.45, 2.75) is 442 Å². The van der Waals surface area contributed by atoms with Crippen molar-refractivity contribution in [3.8, 4) is 59.3 Å². The number of carbonyl (C=O) groups is 1. The van der Waals surface area contributed by atoms with E-state index in [9.17, 15) is 9.90 Å². The second kappa shape index (κ2) is 48.9. The number of hydrogen-bond acceptors (Lipinski definition) is 11. The smallest absolute Gasteiger partial charge is 0.193 e. The lowest BCUT2D eigenvalue weighted by atomic mass is 10.2. The summed E-state index contributed by atoms with van der Waals surface area (Å²) >= 11 is 0. The first kappa shape index (κ1) is 117. The average Bonchev–Trinajstić information content (AvgIpc) is 1.05. The van der Waals surface area contributed by atoms with Gasteiger partial charge in [-0.15, -0.1) is 59.3 Å². The Labute approximate surface area is 667 Å². The van der Waals surface area contributed by atoms with Crippen molar-refractivity contribution in [3.05, 3.63) is 0 Å². The fraction of sp³-hybridized carbons (Fsp3) is 0.871. The number of carbonyl (C=O) groups excluding carboxylic acids is 1. The van der Waals surface area contributed by atoms with Gasteiger partial charge in [0, 0.05) is 45.3 Å². The van der Waals surface area contributed by atoms with Crippen LogP contribution in [0, 0.1) is 59.3 Å². The molecule has 0 radical (unpaired) electrons. The van der Waals surface area contributed by atoms with E-state index in [-0.39, 0.29) is 92.3 Å². The topological polar surface area (TPSA) is 120 Å². The van der Waals surface area contributed by atoms with Gasteiger partial charge in [0.15, 0.2) is 66.5 Å². The van der Waals surface area contributed by atoms with Gasteiger partial charge in [-0.25, -0.2) is 0 Å². The Balaban J connectivity index is -0.000000226. The van der Waals surface area contributed by atoms with E-state index in [1.54, 1.807) is 13.8 Å². The van der Waals surface area contributed by atoms with Gasteiger partial charge in [0.25, 0.3) is 0 Å². The number of ether oxygens (including phenoxy) is 1. The molecule has 1 fully saturated rings. The van der Waals surface area contributed by atoms with Gasteiger partial charge in [0.1, 0.15) is 20.5 Å². The summed E-state index contributed by atoms with van der Waals surface area (Å²) < 4.78 is 55.7. The van der Waals surface area contributed by atoms with Gasteiger partial charge in [0.2, 0.25) is 0 Å². The molecule has 5 atom stereocenters. The molecule has 0 saturated carbocycles. The molecular weight excluding hydrogens is 1450 g/mol. The van der Waals surface area contributed by atoms with Gasteiger partial charge in [-0.3, -0.25) is 0 Å². The Bertz CT molecular complexity index is 2660. The van der Waals surface area contributed by atoms with Crippen molar-refractivity contribution < 1.29 is 50.0 Å². The standard InChI is InChI=1S/C20H44O2Si3.C18H38O2Si2.C17H36O2Si2.C12H24O2Si.C12H22O2Si.C4H8O.2CH4/c1-19(2,3)24(10,11)21-17-18(15-14-16-23(7,8)9)22-25(12,13)20(4,5)6;1-12-13-14-16(20-22(10,11)18(5,6)7)15-19-21(8,9)17(2,3)4;1-12-13-15(19-21(10,11)17(5,6)7)14-18-20(8,9)16(2,3)4;2*1-7-8-9-11(10-13)14-15(5,6)12(2,3)4;1-2-4-5-3-1;;/h18H,15,17H2,1-13H3;16H,14-15H2,1-11H3;1,15H,13-14H2,2-11H3;11,13H,9-10H2,1-6H3;10-11H,9H2,1-6H3;1-4H2;2*1H4/t18-;16-;15-;2*11-;;;/m11111.../s1. The minimum absolute atomic E-state index is 0. The predicted molar refractivity (Wildman–Crippen MR) is 490 cm³/mol. The summed E-state index contributed by atoms with van der Waals surface area (Å²) in [6.07, 6.45) is 11.9. The van der Waals surface area contributed by atoms with Crippen LogP contribution in [0.1, 0.15) is 247 Å². The van der Waals surface area contributed by atoms with Crippen molar-refractivity contribution in [2.75, 3.05) is 39.6 Å². The van der Waals surface area contributed by atoms with Crippen molar-refractivity contribution in [1.29, 1.82) is 0 Å². The number of terminal acetylenes is 1. The van der Waals surface area contributed by atoms with E-state index in [0.717, 1.165) is 32.3 Å². The maximum atomic E-state index is 10.8. The van der Waals surface area contributed by atoms with E-state index < -0.39 is 74.6 Å². The maximum absolute atomic E-state index is 10.8. The average molecular weight is 1630 g/mol. The molecule has 0 aromatic carbocycles. The number of rotatable bonds is 26. The molecule has 11 nitrogen and oxygen atoms in total. The third-order valence-electron chi connectivity index (χ3n) is 22.4. The summed E-state index contributed by atoms with van der Waals surface area (Å²) in [4.78, 5) is 10.8. The monoisotopic (exact) mass is 1630 g/mol. The fourth-order valence-electron chi connectivity index (χ4n) is 6.85. The molecule has 105 heavy (non-hydrogen) atoms. The van der Waals surface area contributed by atoms with Gasteiger partial charge in [-0.1, -0.05) is 201 Å². The summed E-state index contributed by atoms with van der Waals surface area (Å²) in [6, 6.07) is 0. The Morgan fingerprint density at radius 1 is 0.362 bits per heavy atom. The molecule has 0 aromatic rings. The maximum Gasteiger partial charge on any atom is 0.193 e. The first-order valence-corrected chi connectivity index (χ1v) is 65.4. The summed E-state index contributed by atoms with van der Waals surface area (Å²) in [5.74, 6) is 23.8. The molecule has 1 N–H and O–H groups in total. The molecule has 20 heteroatoms. The van der Waals surface area contributed by atoms with Gasteiger partial charge in [-0.05, 0) is 179 Å². The summed E-state index contributed by atoms with van der Waals surface area (Å²) in [5.41, 5.74) is 3.48. The zero-order valence-electron chi connectivity index (χ0n) is 76.8. The lowest BCUT2D eigenvalue weighted by molar-refractivity contribution is -0.114. The zero-order chi connectivity index (χ0) is 83.0. The summed E-state index contributed by atoms with van der Waals surface area (Å²) in [5, 5.41) is 10.8. The molecule has 1 aliphatic rings. The van der Waals surface area contributed by atoms with Gasteiger partial charge < -0.3 is 50.0 Å². The SMILES string of the molecule is C.C.C#CC[C@H](CO[Si](C)(C)C(C)(C)C)O[Si](C)(C)C(C)(C)C.C1CCOC1.CC#CC[C@H](C=O)O[Si](C)(C)C(C)(C)C.CC#CC[C@H](CO)O[Si](C)(C)C(C)(C)C.CC#CC[C@H](CO[Si](C)(C)C(C)(C)C)O[Si](C)(C)C(C)(C)C.CC(C)(C)[Si](C)(C)OC[C@@H](CC#C[Si](C)(C)C)O[Si](C)(C)C(C)(C)C. The van der Waals surface area contributed by atoms with E-state index in [4.69, 9.17) is 46.6 Å². The normalized spacial score (nSPS) is 15.2. The van der Waals surface area contributed by atoms with Crippen LogP contribution in [0.2, 0.25) is 165 Å². The number of hydrogen-bond donors (Lipinski definition) is 1. The molecule has 0 aliphatic carbocycles. The molecule has 1 rings (SSSR count). The van der Waals surface area contributed by atoms with Crippen LogP contribution in [-0.4, -0.2) is 156 Å². The number of aliphatic hydroxyl groups excluding tert-OH is 1. The molecule has 1 saturated heterocycles. The van der Waals surface area contributed by atoms with E-state index in [1.807, 2.05) is 6.92 Å². The van der Waals surface area contributed by atoms with Crippen molar-refractivity contribution >= 4 is 80.9 Å². The molecular formula is C85H180O11Si9. The number of aliphatic hydroxyl groups is 1. The predicted octanol–water partition coefficient (Wildman–Crippen LogP) is 25.7. The van der Waals surface area contributed by atoms with Crippen LogP contribution in [0.4, 0.5) is 0 Å². The van der Waals surface area contributed by atoms with Crippen LogP contribution in [0.25, 0.3) is 0 Å². The molecule has 0 amide bonds. The molecule has 1 aliphatic heterocycles. The summed E-state index contributed by atoms with van der Waals surface area (Å²) in [7, 11) is -15.6. The molecule has 622 valence electrons. The Kier molecular flexibility index (Phi) is 54.7. The van der Waals surface area contributed by atoms with Gasteiger partial charge in [0.05, 0.1) is 50.8 Å². The van der Waals surface area contributed by atoms with Crippen LogP contribution in [0.5, 0.6) is 0 Å². The van der Waals surface area contributed by atoms with E-state index >= 15 is 0 Å². The Morgan fingerprint density at radius 3 is 0.800 bits per heavy atom. The van der Waals surface area contributed by atoms with Crippen LogP contribution < -0.4 is 0 Å². The lowest BCUT2D eigenvalue weighted by Gasteiger charge is -2.41. The highest BCUT2D eigenvalue weighted by Crippen LogP contribution is 2.44. The molecule has 0 unspecified atom stereocenters. The highest BCUT2D eigenvalue weighted by atomic mass is 28.4. The molecule has 1 heterocycles. The van der Waals surface area contributed by atoms with E-state index in [2.05, 4.69) is 343 Å². The highest BCUT2D eigenvalue weighted by Gasteiger charge is 2.46. The minimum atomic E-state index is -1.84. The van der Waals surface area contributed by atoms with Crippen molar-refractivity contribution in [3.63, 3.8) is 0 Å². The molecule has 0 bridgehead atoms. The quantitative estimate of drug-likeness (QED) is 0.0506. The third-order valence-corrected chi connectivity index (χ3v) is 59.5. The first-order chi connectivity index (χ1) is 45.5. The lowest BCUT2D eigenvalue weighted by Crippen LogP contribution is -2.47.